The van der Waals surface area contributed by atoms with E-state index in [1.807, 2.05) is 0 Å². The molecule has 0 bridgehead atoms. The molecule has 6 nitrogen and oxygen atoms in total. The van der Waals surface area contributed by atoms with Crippen molar-refractivity contribution in [3.05, 3.63) is 20.2 Å². The first-order chi connectivity index (χ1) is 8.60. The minimum atomic E-state index is -0.214. The third-order valence-corrected chi connectivity index (χ3v) is 3.41. The van der Waals surface area contributed by atoms with Gasteiger partial charge in [0.25, 0.3) is 5.91 Å². The van der Waals surface area contributed by atoms with E-state index in [2.05, 4.69) is 4.98 Å². The molecule has 102 valence electrons. The standard InChI is InChI=1S/C11H18N2O4S/c1-8-9(18-11(15)12-8)10(14)13(4-6-16-2)5-7-17-3/h4-7H2,1-3H3,(H,12,15). The zero-order chi connectivity index (χ0) is 13.5. The first-order valence-electron chi connectivity index (χ1n) is 5.57. The van der Waals surface area contributed by atoms with Crippen molar-refractivity contribution < 1.29 is 14.3 Å². The van der Waals surface area contributed by atoms with E-state index in [4.69, 9.17) is 9.47 Å². The van der Waals surface area contributed by atoms with Crippen LogP contribution in [0, 0.1) is 6.92 Å². The molecule has 1 aromatic heterocycles. The normalized spacial score (nSPS) is 10.6. The number of ether oxygens (including phenoxy) is 2. The molecule has 0 fully saturated rings. The number of aromatic nitrogens is 1. The first kappa shape index (κ1) is 14.9. The molecule has 1 heterocycles. The fourth-order valence-corrected chi connectivity index (χ4v) is 2.28. The molecule has 0 unspecified atom stereocenters. The number of nitrogens with zero attached hydrogens (tertiary/aromatic N) is 1. The van der Waals surface area contributed by atoms with E-state index >= 15 is 0 Å². The third-order valence-electron chi connectivity index (χ3n) is 2.44. The zero-order valence-corrected chi connectivity index (χ0v) is 11.6. The Morgan fingerprint density at radius 3 is 2.22 bits per heavy atom. The SMILES string of the molecule is COCCN(CCOC)C(=O)c1sc(=O)[nH]c1C. The first-order valence-corrected chi connectivity index (χ1v) is 6.38. The van der Waals surface area contributed by atoms with Crippen LogP contribution in [0.15, 0.2) is 4.79 Å². The minimum absolute atomic E-state index is 0.162. The lowest BCUT2D eigenvalue weighted by atomic mass is 10.3. The van der Waals surface area contributed by atoms with Crippen molar-refractivity contribution in [3.8, 4) is 0 Å². The number of hydrogen-bond acceptors (Lipinski definition) is 5. The lowest BCUT2D eigenvalue weighted by molar-refractivity contribution is 0.0631. The fourth-order valence-electron chi connectivity index (χ4n) is 1.47. The Kier molecular flexibility index (Phi) is 6.03. The molecule has 1 aromatic rings. The van der Waals surface area contributed by atoms with Crippen LogP contribution in [0.5, 0.6) is 0 Å². The number of aromatic amines is 1. The molecule has 7 heteroatoms. The summed E-state index contributed by atoms with van der Waals surface area (Å²) < 4.78 is 9.95. The summed E-state index contributed by atoms with van der Waals surface area (Å²) in [5, 5.41) is 0. The van der Waals surface area contributed by atoms with Crippen molar-refractivity contribution >= 4 is 17.2 Å². The summed E-state index contributed by atoms with van der Waals surface area (Å²) in [4.78, 5) is 27.9. The Hall–Kier alpha value is -1.18. The molecule has 0 saturated carbocycles. The Labute approximate surface area is 110 Å². The lowest BCUT2D eigenvalue weighted by Gasteiger charge is -2.21. The molecule has 1 amide bonds. The predicted octanol–water partition coefficient (Wildman–Crippen LogP) is 0.480. The number of carbonyl (C=O) groups is 1. The smallest absolute Gasteiger partial charge is 0.305 e. The van der Waals surface area contributed by atoms with Crippen molar-refractivity contribution in [2.45, 2.75) is 6.92 Å². The maximum atomic E-state index is 12.3. The molecule has 0 saturated heterocycles. The Morgan fingerprint density at radius 1 is 1.28 bits per heavy atom. The van der Waals surface area contributed by atoms with Crippen LogP contribution in [0.1, 0.15) is 15.4 Å². The van der Waals surface area contributed by atoms with Gasteiger partial charge in [0.2, 0.25) is 0 Å². The van der Waals surface area contributed by atoms with Crippen LogP contribution in [0.3, 0.4) is 0 Å². The number of thiazole rings is 1. The van der Waals surface area contributed by atoms with Crippen LogP contribution >= 0.6 is 11.3 Å². The quantitative estimate of drug-likeness (QED) is 0.785. The second-order valence-corrected chi connectivity index (χ2v) is 4.73. The van der Waals surface area contributed by atoms with Crippen LogP contribution in [0.25, 0.3) is 0 Å². The Morgan fingerprint density at radius 2 is 1.83 bits per heavy atom. The molecular formula is C11H18N2O4S. The number of hydrogen-bond donors (Lipinski definition) is 1. The summed E-state index contributed by atoms with van der Waals surface area (Å²) >= 11 is 0.934. The van der Waals surface area contributed by atoms with Crippen molar-refractivity contribution in [1.82, 2.24) is 9.88 Å². The third kappa shape index (κ3) is 3.94. The highest BCUT2D eigenvalue weighted by Gasteiger charge is 2.20. The molecule has 0 radical (unpaired) electrons. The molecule has 0 aromatic carbocycles. The van der Waals surface area contributed by atoms with Gasteiger partial charge in [-0.2, -0.15) is 0 Å². The number of amides is 1. The lowest BCUT2D eigenvalue weighted by Crippen LogP contribution is -2.36. The monoisotopic (exact) mass is 274 g/mol. The van der Waals surface area contributed by atoms with Gasteiger partial charge in [-0.15, -0.1) is 0 Å². The summed E-state index contributed by atoms with van der Waals surface area (Å²) in [5.74, 6) is -0.162. The average Bonchev–Trinajstić information content (AvgIpc) is 2.68. The van der Waals surface area contributed by atoms with Gasteiger partial charge < -0.3 is 19.4 Å². The maximum Gasteiger partial charge on any atom is 0.305 e. The van der Waals surface area contributed by atoms with E-state index < -0.39 is 0 Å². The fraction of sp³-hybridized carbons (Fsp3) is 0.636. The van der Waals surface area contributed by atoms with Crippen LogP contribution < -0.4 is 4.87 Å². The number of rotatable bonds is 7. The summed E-state index contributed by atoms with van der Waals surface area (Å²) in [6, 6.07) is 0. The minimum Gasteiger partial charge on any atom is -0.383 e. The molecule has 0 aliphatic rings. The molecule has 1 N–H and O–H groups in total. The highest BCUT2D eigenvalue weighted by atomic mass is 32.1. The Balaban J connectivity index is 2.80. The van der Waals surface area contributed by atoms with Gasteiger partial charge in [0.1, 0.15) is 4.88 Å². The molecule has 0 spiro atoms. The summed E-state index contributed by atoms with van der Waals surface area (Å²) in [6.45, 7) is 3.58. The van der Waals surface area contributed by atoms with Crippen molar-refractivity contribution in [3.63, 3.8) is 0 Å². The molecule has 1 rings (SSSR count). The molecule has 0 aliphatic carbocycles. The van der Waals surface area contributed by atoms with Gasteiger partial charge in [-0.3, -0.25) is 9.59 Å². The second kappa shape index (κ2) is 7.30. The van der Waals surface area contributed by atoms with E-state index in [1.54, 1.807) is 26.0 Å². The van der Waals surface area contributed by atoms with Gasteiger partial charge in [0, 0.05) is 33.0 Å². The zero-order valence-electron chi connectivity index (χ0n) is 10.8. The van der Waals surface area contributed by atoms with Crippen molar-refractivity contribution in [2.75, 3.05) is 40.5 Å². The number of nitrogens with one attached hydrogen (secondary N) is 1. The maximum absolute atomic E-state index is 12.3. The van der Waals surface area contributed by atoms with E-state index in [0.29, 0.717) is 36.9 Å². The number of carbonyl (C=O) groups excluding carboxylic acids is 1. The highest BCUT2D eigenvalue weighted by Crippen LogP contribution is 2.11. The predicted molar refractivity (Wildman–Crippen MR) is 69.3 cm³/mol. The number of aryl methyl sites for hydroxylation is 1. The van der Waals surface area contributed by atoms with Crippen molar-refractivity contribution in [1.29, 1.82) is 0 Å². The van der Waals surface area contributed by atoms with Gasteiger partial charge in [-0.25, -0.2) is 0 Å². The van der Waals surface area contributed by atoms with Gasteiger partial charge in [-0.05, 0) is 6.92 Å². The van der Waals surface area contributed by atoms with Crippen molar-refractivity contribution in [2.24, 2.45) is 0 Å². The molecular weight excluding hydrogens is 256 g/mol. The second-order valence-electron chi connectivity index (χ2n) is 3.75. The summed E-state index contributed by atoms with van der Waals surface area (Å²) in [6.07, 6.45) is 0. The van der Waals surface area contributed by atoms with E-state index in [-0.39, 0.29) is 10.8 Å². The van der Waals surface area contributed by atoms with Gasteiger partial charge in [0.15, 0.2) is 0 Å². The van der Waals surface area contributed by atoms with E-state index in [0.717, 1.165) is 11.3 Å². The van der Waals surface area contributed by atoms with Crippen LogP contribution in [-0.4, -0.2) is 56.3 Å². The Bertz CT molecular complexity index is 432. The largest absolute Gasteiger partial charge is 0.383 e. The number of methoxy groups -OCH3 is 2. The molecule has 18 heavy (non-hydrogen) atoms. The summed E-state index contributed by atoms with van der Waals surface area (Å²) in [7, 11) is 3.16. The van der Waals surface area contributed by atoms with Crippen LogP contribution in [0.4, 0.5) is 0 Å². The topological polar surface area (TPSA) is 71.6 Å². The van der Waals surface area contributed by atoms with Gasteiger partial charge in [-0.1, -0.05) is 11.3 Å². The highest BCUT2D eigenvalue weighted by molar-refractivity contribution is 7.11. The van der Waals surface area contributed by atoms with E-state index in [9.17, 15) is 9.59 Å². The average molecular weight is 274 g/mol. The van der Waals surface area contributed by atoms with Gasteiger partial charge >= 0.3 is 4.87 Å². The van der Waals surface area contributed by atoms with Crippen LogP contribution in [-0.2, 0) is 9.47 Å². The van der Waals surface area contributed by atoms with Gasteiger partial charge in [0.05, 0.1) is 13.2 Å². The van der Waals surface area contributed by atoms with E-state index in [1.165, 1.54) is 0 Å². The molecule has 0 aliphatic heterocycles. The molecule has 0 atom stereocenters. The number of H-pyrrole nitrogens is 1. The summed E-state index contributed by atoms with van der Waals surface area (Å²) in [5.41, 5.74) is 0.606. The van der Waals surface area contributed by atoms with Crippen LogP contribution in [0.2, 0.25) is 0 Å².